The number of hydrogen-bond donors (Lipinski definition) is 1. The van der Waals surface area contributed by atoms with Gasteiger partial charge >= 0.3 is 0 Å². The summed E-state index contributed by atoms with van der Waals surface area (Å²) in [5, 5.41) is 3.25. The Morgan fingerprint density at radius 2 is 2.24 bits per heavy atom. The molecule has 17 heavy (non-hydrogen) atoms. The Bertz CT molecular complexity index is 495. The molecule has 4 nitrogen and oxygen atoms in total. The summed E-state index contributed by atoms with van der Waals surface area (Å²) in [6, 6.07) is 1.49. The fourth-order valence-corrected chi connectivity index (χ4v) is 1.84. The molecule has 0 aliphatic rings. The fraction of sp³-hybridized carbons (Fsp3) is 0.333. The number of rotatable bonds is 4. The van der Waals surface area contributed by atoms with E-state index in [1.54, 1.807) is 24.8 Å². The van der Waals surface area contributed by atoms with Crippen molar-refractivity contribution in [3.05, 3.63) is 48.1 Å². The van der Waals surface area contributed by atoms with Gasteiger partial charge in [-0.15, -0.1) is 0 Å². The molecule has 2 aromatic heterocycles. The molecule has 1 atom stereocenters. The third kappa shape index (κ3) is 2.34. The van der Waals surface area contributed by atoms with Crippen LogP contribution in [0, 0.1) is 5.82 Å². The number of imidazole rings is 1. The summed E-state index contributed by atoms with van der Waals surface area (Å²) in [7, 11) is 1.89. The quantitative estimate of drug-likeness (QED) is 0.874. The molecule has 0 fully saturated rings. The van der Waals surface area contributed by atoms with Crippen LogP contribution >= 0.6 is 0 Å². The highest BCUT2D eigenvalue weighted by molar-refractivity contribution is 5.26. The molecule has 0 spiro atoms. The van der Waals surface area contributed by atoms with E-state index in [0.29, 0.717) is 5.56 Å². The van der Waals surface area contributed by atoms with E-state index in [1.807, 2.05) is 18.5 Å². The predicted octanol–water partition coefficient (Wildman–Crippen LogP) is 1.65. The van der Waals surface area contributed by atoms with E-state index in [2.05, 4.69) is 15.3 Å². The van der Waals surface area contributed by atoms with Crippen molar-refractivity contribution in [1.29, 1.82) is 0 Å². The number of hydrogen-bond acceptors (Lipinski definition) is 3. The average molecular weight is 234 g/mol. The molecule has 0 saturated carbocycles. The van der Waals surface area contributed by atoms with Crippen LogP contribution in [-0.4, -0.2) is 21.1 Å². The number of halogens is 1. The van der Waals surface area contributed by atoms with Crippen molar-refractivity contribution in [3.63, 3.8) is 0 Å². The lowest BCUT2D eigenvalue weighted by atomic mass is 10.1. The van der Waals surface area contributed by atoms with Crippen molar-refractivity contribution >= 4 is 0 Å². The first-order chi connectivity index (χ1) is 8.24. The smallest absolute Gasteiger partial charge is 0.146 e. The first kappa shape index (κ1) is 11.7. The molecule has 0 bridgehead atoms. The molecule has 0 saturated heterocycles. The number of nitrogens with one attached hydrogen (secondary N) is 1. The Morgan fingerprint density at radius 3 is 2.82 bits per heavy atom. The van der Waals surface area contributed by atoms with Gasteiger partial charge in [-0.05, 0) is 12.6 Å². The minimum Gasteiger partial charge on any atom is -0.336 e. The van der Waals surface area contributed by atoms with Crippen LogP contribution in [0.15, 0.2) is 31.0 Å². The maximum absolute atomic E-state index is 13.8. The molecule has 0 aromatic carbocycles. The second-order valence-corrected chi connectivity index (χ2v) is 3.82. The summed E-state index contributed by atoms with van der Waals surface area (Å²) in [6.45, 7) is 2.74. The SMILES string of the molecule is CCNC(c1ccncc1F)c1cncn1C. The highest BCUT2D eigenvalue weighted by atomic mass is 19.1. The summed E-state index contributed by atoms with van der Waals surface area (Å²) in [4.78, 5) is 7.83. The topological polar surface area (TPSA) is 42.7 Å². The van der Waals surface area contributed by atoms with E-state index >= 15 is 0 Å². The monoisotopic (exact) mass is 234 g/mol. The molecule has 0 radical (unpaired) electrons. The largest absolute Gasteiger partial charge is 0.336 e. The van der Waals surface area contributed by atoms with Crippen LogP contribution in [0.5, 0.6) is 0 Å². The molecule has 2 heterocycles. The molecule has 0 aliphatic carbocycles. The van der Waals surface area contributed by atoms with Gasteiger partial charge in [0.25, 0.3) is 0 Å². The van der Waals surface area contributed by atoms with Crippen molar-refractivity contribution in [2.45, 2.75) is 13.0 Å². The molecule has 2 rings (SSSR count). The van der Waals surface area contributed by atoms with Gasteiger partial charge in [-0.1, -0.05) is 6.92 Å². The van der Waals surface area contributed by atoms with Crippen molar-refractivity contribution in [1.82, 2.24) is 19.9 Å². The molecule has 90 valence electrons. The van der Waals surface area contributed by atoms with Gasteiger partial charge < -0.3 is 9.88 Å². The molecule has 0 amide bonds. The molecule has 1 N–H and O–H groups in total. The van der Waals surface area contributed by atoms with Gasteiger partial charge in [0.05, 0.1) is 30.5 Å². The second kappa shape index (κ2) is 5.05. The van der Waals surface area contributed by atoms with Gasteiger partial charge in [-0.25, -0.2) is 9.37 Å². The third-order valence-electron chi connectivity index (χ3n) is 2.67. The lowest BCUT2D eigenvalue weighted by Gasteiger charge is -2.19. The first-order valence-corrected chi connectivity index (χ1v) is 5.53. The zero-order chi connectivity index (χ0) is 12.3. The number of pyridine rings is 1. The molecule has 5 heteroatoms. The van der Waals surface area contributed by atoms with Gasteiger partial charge in [-0.3, -0.25) is 4.98 Å². The van der Waals surface area contributed by atoms with Gasteiger partial charge in [0.1, 0.15) is 5.82 Å². The molecular formula is C12H15FN4. The van der Waals surface area contributed by atoms with Crippen LogP contribution in [0.25, 0.3) is 0 Å². The minimum absolute atomic E-state index is 0.199. The molecular weight excluding hydrogens is 219 g/mol. The molecule has 0 aliphatic heterocycles. The zero-order valence-electron chi connectivity index (χ0n) is 9.89. The Labute approximate surface area is 99.5 Å². The molecule has 1 unspecified atom stereocenters. The number of nitrogens with zero attached hydrogens (tertiary/aromatic N) is 3. The van der Waals surface area contributed by atoms with Crippen LogP contribution in [0.3, 0.4) is 0 Å². The Morgan fingerprint density at radius 1 is 1.41 bits per heavy atom. The summed E-state index contributed by atoms with van der Waals surface area (Å²) >= 11 is 0. The lowest BCUT2D eigenvalue weighted by Crippen LogP contribution is -2.24. The van der Waals surface area contributed by atoms with E-state index in [-0.39, 0.29) is 11.9 Å². The van der Waals surface area contributed by atoms with Gasteiger partial charge in [0.2, 0.25) is 0 Å². The van der Waals surface area contributed by atoms with E-state index in [1.165, 1.54) is 6.20 Å². The first-order valence-electron chi connectivity index (χ1n) is 5.53. The van der Waals surface area contributed by atoms with Crippen LogP contribution in [0.4, 0.5) is 4.39 Å². The summed E-state index contributed by atoms with van der Waals surface area (Å²) in [5.41, 5.74) is 1.52. The van der Waals surface area contributed by atoms with Crippen LogP contribution in [0.2, 0.25) is 0 Å². The summed E-state index contributed by atoms with van der Waals surface area (Å²) in [6.07, 6.45) is 6.28. The zero-order valence-corrected chi connectivity index (χ0v) is 9.89. The second-order valence-electron chi connectivity index (χ2n) is 3.82. The van der Waals surface area contributed by atoms with Gasteiger partial charge in [0.15, 0.2) is 0 Å². The van der Waals surface area contributed by atoms with Crippen LogP contribution in [0.1, 0.15) is 24.2 Å². The Kier molecular flexibility index (Phi) is 3.49. The van der Waals surface area contributed by atoms with Crippen molar-refractivity contribution in [3.8, 4) is 0 Å². The highest BCUT2D eigenvalue weighted by Gasteiger charge is 2.19. The van der Waals surface area contributed by atoms with Crippen molar-refractivity contribution in [2.24, 2.45) is 7.05 Å². The van der Waals surface area contributed by atoms with Crippen molar-refractivity contribution < 1.29 is 4.39 Å². The molecule has 2 aromatic rings. The fourth-order valence-electron chi connectivity index (χ4n) is 1.84. The maximum Gasteiger partial charge on any atom is 0.146 e. The minimum atomic E-state index is -0.306. The van der Waals surface area contributed by atoms with Gasteiger partial charge in [0, 0.05) is 18.8 Å². The number of aryl methyl sites for hydroxylation is 1. The predicted molar refractivity (Wildman–Crippen MR) is 62.9 cm³/mol. The van der Waals surface area contributed by atoms with E-state index in [0.717, 1.165) is 12.2 Å². The van der Waals surface area contributed by atoms with E-state index in [9.17, 15) is 4.39 Å². The van der Waals surface area contributed by atoms with Crippen LogP contribution in [-0.2, 0) is 7.05 Å². The van der Waals surface area contributed by atoms with Gasteiger partial charge in [-0.2, -0.15) is 0 Å². The summed E-state index contributed by atoms with van der Waals surface area (Å²) < 4.78 is 15.6. The van der Waals surface area contributed by atoms with E-state index in [4.69, 9.17) is 0 Å². The standard InChI is InChI=1S/C12H15FN4/c1-3-16-12(11-7-15-8-17(11)2)9-4-5-14-6-10(9)13/h4-8,12,16H,3H2,1-2H3. The third-order valence-corrected chi connectivity index (χ3v) is 2.67. The maximum atomic E-state index is 13.8. The van der Waals surface area contributed by atoms with E-state index < -0.39 is 0 Å². The number of aromatic nitrogens is 3. The highest BCUT2D eigenvalue weighted by Crippen LogP contribution is 2.22. The van der Waals surface area contributed by atoms with Crippen molar-refractivity contribution in [2.75, 3.05) is 6.54 Å². The summed E-state index contributed by atoms with van der Waals surface area (Å²) in [5.74, 6) is -0.306. The van der Waals surface area contributed by atoms with Crippen LogP contribution < -0.4 is 5.32 Å². The average Bonchev–Trinajstić information content (AvgIpc) is 2.74. The Hall–Kier alpha value is -1.75. The Balaban J connectivity index is 2.43. The normalized spacial score (nSPS) is 12.6. The lowest BCUT2D eigenvalue weighted by molar-refractivity contribution is 0.538.